The Bertz CT molecular complexity index is 310. The summed E-state index contributed by atoms with van der Waals surface area (Å²) in [5.41, 5.74) is 5.46. The molecule has 0 aromatic heterocycles. The molecule has 23 heavy (non-hydrogen) atoms. The second kappa shape index (κ2) is 15.5. The van der Waals surface area contributed by atoms with E-state index < -0.39 is 18.5 Å². The van der Waals surface area contributed by atoms with Crippen LogP contribution in [-0.2, 0) is 14.3 Å². The van der Waals surface area contributed by atoms with Crippen molar-refractivity contribution in [3.8, 4) is 0 Å². The second-order valence-electron chi connectivity index (χ2n) is 5.25. The van der Waals surface area contributed by atoms with Crippen LogP contribution in [-0.4, -0.2) is 53.0 Å². The lowest BCUT2D eigenvalue weighted by Crippen LogP contribution is -2.37. The van der Waals surface area contributed by atoms with E-state index in [2.05, 4.69) is 11.7 Å². The molecule has 8 heteroatoms. The van der Waals surface area contributed by atoms with E-state index in [1.807, 2.05) is 0 Å². The summed E-state index contributed by atoms with van der Waals surface area (Å²) in [6, 6.07) is -0.780. The summed E-state index contributed by atoms with van der Waals surface area (Å²) in [5, 5.41) is 25.1. The molecule has 0 aromatic carbocycles. The van der Waals surface area contributed by atoms with Crippen molar-refractivity contribution >= 4 is 12.1 Å². The maximum absolute atomic E-state index is 11.4. The van der Waals surface area contributed by atoms with E-state index in [1.54, 1.807) is 6.92 Å². The van der Waals surface area contributed by atoms with E-state index >= 15 is 0 Å². The SMILES string of the molecule is CCCCCCCC(=O)OC(C)CC(N)C(O)O.COC(=O)O. The van der Waals surface area contributed by atoms with Gasteiger partial charge in [-0.1, -0.05) is 32.6 Å². The molecule has 8 nitrogen and oxygen atoms in total. The molecule has 0 saturated carbocycles. The van der Waals surface area contributed by atoms with E-state index in [4.69, 9.17) is 30.6 Å². The molecule has 0 saturated heterocycles. The fourth-order valence-electron chi connectivity index (χ4n) is 1.71. The summed E-state index contributed by atoms with van der Waals surface area (Å²) >= 11 is 0. The number of esters is 1. The van der Waals surface area contributed by atoms with Gasteiger partial charge in [-0.3, -0.25) is 4.79 Å². The molecule has 138 valence electrons. The largest absolute Gasteiger partial charge is 0.505 e. The van der Waals surface area contributed by atoms with Crippen LogP contribution >= 0.6 is 0 Å². The number of rotatable bonds is 10. The third-order valence-corrected chi connectivity index (χ3v) is 2.98. The molecule has 0 heterocycles. The summed E-state index contributed by atoms with van der Waals surface area (Å²) in [7, 11) is 1.10. The molecule has 0 aliphatic rings. The number of methoxy groups -OCH3 is 1. The Morgan fingerprint density at radius 3 is 2.09 bits per heavy atom. The Hall–Kier alpha value is -1.38. The quantitative estimate of drug-likeness (QED) is 0.268. The van der Waals surface area contributed by atoms with Gasteiger partial charge < -0.3 is 30.5 Å². The number of aliphatic hydroxyl groups is 2. The van der Waals surface area contributed by atoms with Crippen LogP contribution in [0.3, 0.4) is 0 Å². The van der Waals surface area contributed by atoms with Crippen LogP contribution in [0.15, 0.2) is 0 Å². The molecule has 5 N–H and O–H groups in total. The summed E-state index contributed by atoms with van der Waals surface area (Å²) in [5.74, 6) is -0.237. The average Bonchev–Trinajstić information content (AvgIpc) is 2.47. The van der Waals surface area contributed by atoms with E-state index in [1.165, 1.54) is 12.8 Å². The minimum atomic E-state index is -1.57. The van der Waals surface area contributed by atoms with Crippen LogP contribution in [0.2, 0.25) is 0 Å². The minimum Gasteiger partial charge on any atom is -0.463 e. The van der Waals surface area contributed by atoms with E-state index in [-0.39, 0.29) is 18.5 Å². The van der Waals surface area contributed by atoms with Crippen molar-refractivity contribution in [3.05, 3.63) is 0 Å². The molecule has 0 bridgehead atoms. The highest BCUT2D eigenvalue weighted by atomic mass is 16.6. The average molecular weight is 337 g/mol. The number of ether oxygens (including phenoxy) is 2. The molecule has 0 radical (unpaired) electrons. The zero-order chi connectivity index (χ0) is 18.3. The first-order chi connectivity index (χ1) is 10.7. The second-order valence-corrected chi connectivity index (χ2v) is 5.25. The molecule has 0 amide bonds. The predicted octanol–water partition coefficient (Wildman–Crippen LogP) is 1.62. The van der Waals surface area contributed by atoms with Crippen molar-refractivity contribution in [2.75, 3.05) is 7.11 Å². The summed E-state index contributed by atoms with van der Waals surface area (Å²) in [4.78, 5) is 20.6. The predicted molar refractivity (Wildman–Crippen MR) is 84.8 cm³/mol. The lowest BCUT2D eigenvalue weighted by molar-refractivity contribution is -0.150. The topological polar surface area (TPSA) is 139 Å². The van der Waals surface area contributed by atoms with Crippen molar-refractivity contribution in [1.29, 1.82) is 0 Å². The van der Waals surface area contributed by atoms with Crippen LogP contribution < -0.4 is 5.73 Å². The fraction of sp³-hybridized carbons (Fsp3) is 0.867. The fourth-order valence-corrected chi connectivity index (χ4v) is 1.71. The van der Waals surface area contributed by atoms with Crippen molar-refractivity contribution in [3.63, 3.8) is 0 Å². The number of carbonyl (C=O) groups is 2. The zero-order valence-corrected chi connectivity index (χ0v) is 14.2. The molecule has 0 aromatic rings. The molecule has 2 atom stereocenters. The van der Waals surface area contributed by atoms with Gasteiger partial charge in [0.05, 0.1) is 13.2 Å². The molecule has 0 aliphatic carbocycles. The van der Waals surface area contributed by atoms with Gasteiger partial charge in [0.2, 0.25) is 0 Å². The number of nitrogens with two attached hydrogens (primary N) is 1. The number of unbranched alkanes of at least 4 members (excludes halogenated alkanes) is 4. The lowest BCUT2D eigenvalue weighted by Gasteiger charge is -2.19. The Morgan fingerprint density at radius 1 is 1.13 bits per heavy atom. The highest BCUT2D eigenvalue weighted by Crippen LogP contribution is 2.09. The van der Waals surface area contributed by atoms with Crippen molar-refractivity contribution < 1.29 is 34.4 Å². The third-order valence-electron chi connectivity index (χ3n) is 2.98. The van der Waals surface area contributed by atoms with E-state index in [9.17, 15) is 4.79 Å². The smallest absolute Gasteiger partial charge is 0.463 e. The molecular weight excluding hydrogens is 306 g/mol. The Kier molecular flexibility index (Phi) is 16.1. The van der Waals surface area contributed by atoms with Crippen molar-refractivity contribution in [1.82, 2.24) is 0 Å². The van der Waals surface area contributed by atoms with E-state index in [0.29, 0.717) is 6.42 Å². The number of carboxylic acid groups (broad SMARTS) is 1. The third kappa shape index (κ3) is 18.6. The molecule has 2 unspecified atom stereocenters. The van der Waals surface area contributed by atoms with Crippen LogP contribution in [0.1, 0.15) is 58.8 Å². The minimum absolute atomic E-state index is 0.237. The monoisotopic (exact) mass is 337 g/mol. The Labute approximate surface area is 137 Å². The van der Waals surface area contributed by atoms with Crippen LogP contribution in [0.4, 0.5) is 4.79 Å². The van der Waals surface area contributed by atoms with Crippen LogP contribution in [0.5, 0.6) is 0 Å². The van der Waals surface area contributed by atoms with Gasteiger partial charge in [-0.25, -0.2) is 4.79 Å². The number of hydrogen-bond acceptors (Lipinski definition) is 7. The first kappa shape index (κ1) is 23.9. The van der Waals surface area contributed by atoms with Crippen LogP contribution in [0, 0.1) is 0 Å². The molecule has 0 spiro atoms. The molecule has 0 rings (SSSR count). The maximum Gasteiger partial charge on any atom is 0.505 e. The van der Waals surface area contributed by atoms with Gasteiger partial charge in [-0.15, -0.1) is 0 Å². The maximum atomic E-state index is 11.4. The van der Waals surface area contributed by atoms with Gasteiger partial charge in [0, 0.05) is 12.8 Å². The molecular formula is C15H31NO7. The Morgan fingerprint density at radius 2 is 1.65 bits per heavy atom. The number of hydrogen-bond donors (Lipinski definition) is 4. The van der Waals surface area contributed by atoms with Gasteiger partial charge in [-0.05, 0) is 13.3 Å². The summed E-state index contributed by atoms with van der Waals surface area (Å²) in [6.45, 7) is 3.85. The highest BCUT2D eigenvalue weighted by Gasteiger charge is 2.17. The first-order valence-electron chi connectivity index (χ1n) is 7.82. The first-order valence-corrected chi connectivity index (χ1v) is 7.82. The van der Waals surface area contributed by atoms with Gasteiger partial charge in [-0.2, -0.15) is 0 Å². The summed E-state index contributed by atoms with van der Waals surface area (Å²) in [6.07, 6.45) is 2.91. The zero-order valence-electron chi connectivity index (χ0n) is 14.2. The Balaban J connectivity index is 0. The summed E-state index contributed by atoms with van der Waals surface area (Å²) < 4.78 is 8.80. The lowest BCUT2D eigenvalue weighted by atomic mass is 10.1. The number of carbonyl (C=O) groups excluding carboxylic acids is 1. The van der Waals surface area contributed by atoms with Gasteiger partial charge >= 0.3 is 12.1 Å². The van der Waals surface area contributed by atoms with E-state index in [0.717, 1.165) is 26.4 Å². The highest BCUT2D eigenvalue weighted by molar-refractivity contribution is 5.69. The normalized spacial score (nSPS) is 12.8. The van der Waals surface area contributed by atoms with Crippen LogP contribution in [0.25, 0.3) is 0 Å². The molecule has 0 aliphatic heterocycles. The van der Waals surface area contributed by atoms with Crippen molar-refractivity contribution in [2.24, 2.45) is 5.73 Å². The standard InChI is InChI=1S/C13H27NO4.C2H4O3/c1-3-4-5-6-7-8-12(15)18-10(2)9-11(14)13(16)17;1-5-2(3)4/h10-11,13,16-17H,3-9,14H2,1-2H3;1H3,(H,3,4). The van der Waals surface area contributed by atoms with Gasteiger partial charge in [0.25, 0.3) is 0 Å². The van der Waals surface area contributed by atoms with Gasteiger partial charge in [0.15, 0.2) is 6.29 Å². The number of aliphatic hydroxyl groups excluding tert-OH is 1. The molecule has 0 fully saturated rings. The van der Waals surface area contributed by atoms with Gasteiger partial charge in [0.1, 0.15) is 6.10 Å². The van der Waals surface area contributed by atoms with Crippen molar-refractivity contribution in [2.45, 2.75) is 77.2 Å².